The van der Waals surface area contributed by atoms with E-state index in [0.29, 0.717) is 17.5 Å². The third-order valence-corrected chi connectivity index (χ3v) is 3.94. The predicted octanol–water partition coefficient (Wildman–Crippen LogP) is 3.32. The van der Waals surface area contributed by atoms with Crippen molar-refractivity contribution in [2.75, 3.05) is 5.75 Å². The monoisotopic (exact) mass is 329 g/mol. The average Bonchev–Trinajstić information content (AvgIpc) is 2.80. The minimum atomic E-state index is -0.948. The first-order valence-electron chi connectivity index (χ1n) is 6.26. The topological polar surface area (TPSA) is 68.0 Å². The zero-order chi connectivity index (χ0) is 15.4. The molecular formula is C13H13ClFN3O2S. The highest BCUT2D eigenvalue weighted by molar-refractivity contribution is 7.99. The summed E-state index contributed by atoms with van der Waals surface area (Å²) in [7, 11) is 0. The highest BCUT2D eigenvalue weighted by atomic mass is 35.5. The second-order valence-corrected chi connectivity index (χ2v) is 5.59. The lowest BCUT2D eigenvalue weighted by Gasteiger charge is -2.10. The number of hydrogen-bond acceptors (Lipinski definition) is 4. The molecule has 0 radical (unpaired) electrons. The van der Waals surface area contributed by atoms with E-state index < -0.39 is 11.8 Å². The summed E-state index contributed by atoms with van der Waals surface area (Å²) in [5, 5.41) is 17.4. The molecule has 0 saturated carbocycles. The van der Waals surface area contributed by atoms with E-state index in [-0.39, 0.29) is 16.3 Å². The molecule has 2 rings (SSSR count). The number of aliphatic carboxylic acids is 1. The summed E-state index contributed by atoms with van der Waals surface area (Å²) in [5.41, 5.74) is 0.183. The maximum absolute atomic E-state index is 14.0. The van der Waals surface area contributed by atoms with E-state index in [2.05, 4.69) is 10.2 Å². The fraction of sp³-hybridized carbons (Fsp3) is 0.308. The van der Waals surface area contributed by atoms with Gasteiger partial charge in [0.25, 0.3) is 0 Å². The second-order valence-electron chi connectivity index (χ2n) is 4.24. The molecule has 0 unspecified atom stereocenters. The molecule has 0 atom stereocenters. The van der Waals surface area contributed by atoms with Gasteiger partial charge in [0.05, 0.1) is 16.3 Å². The largest absolute Gasteiger partial charge is 0.481 e. The number of benzene rings is 1. The van der Waals surface area contributed by atoms with Gasteiger partial charge < -0.3 is 9.67 Å². The van der Waals surface area contributed by atoms with Crippen LogP contribution in [0.4, 0.5) is 4.39 Å². The number of halogens is 2. The Morgan fingerprint density at radius 2 is 2.24 bits per heavy atom. The van der Waals surface area contributed by atoms with Gasteiger partial charge in [-0.3, -0.25) is 4.79 Å². The van der Waals surface area contributed by atoms with Crippen molar-refractivity contribution in [2.45, 2.75) is 25.0 Å². The molecule has 1 heterocycles. The number of hydrogen-bond donors (Lipinski definition) is 1. The van der Waals surface area contributed by atoms with Gasteiger partial charge in [0, 0.05) is 6.54 Å². The van der Waals surface area contributed by atoms with Crippen LogP contribution >= 0.6 is 23.4 Å². The Hall–Kier alpha value is -1.60. The van der Waals surface area contributed by atoms with Gasteiger partial charge in [-0.05, 0) is 18.6 Å². The Labute approximate surface area is 130 Å². The Kier molecular flexibility index (Phi) is 5.19. The molecule has 0 fully saturated rings. The van der Waals surface area contributed by atoms with E-state index in [0.717, 1.165) is 18.2 Å². The molecular weight excluding hydrogens is 317 g/mol. The Morgan fingerprint density at radius 1 is 1.48 bits per heavy atom. The third-order valence-electron chi connectivity index (χ3n) is 2.68. The molecule has 0 bridgehead atoms. The summed E-state index contributed by atoms with van der Waals surface area (Å²) in [5.74, 6) is -1.25. The normalized spacial score (nSPS) is 10.8. The van der Waals surface area contributed by atoms with Crippen LogP contribution in [0.15, 0.2) is 23.4 Å². The van der Waals surface area contributed by atoms with Gasteiger partial charge >= 0.3 is 5.97 Å². The Bertz CT molecular complexity index is 643. The molecule has 0 saturated heterocycles. The van der Waals surface area contributed by atoms with Crippen LogP contribution in [0.3, 0.4) is 0 Å². The zero-order valence-electron chi connectivity index (χ0n) is 11.2. The number of carboxylic acids is 1. The van der Waals surface area contributed by atoms with Crippen molar-refractivity contribution in [1.29, 1.82) is 0 Å². The second kappa shape index (κ2) is 6.91. The summed E-state index contributed by atoms with van der Waals surface area (Å²) in [6.07, 6.45) is 0.776. The van der Waals surface area contributed by atoms with E-state index in [9.17, 15) is 9.18 Å². The van der Waals surface area contributed by atoms with Crippen molar-refractivity contribution in [1.82, 2.24) is 14.8 Å². The molecule has 21 heavy (non-hydrogen) atoms. The Morgan fingerprint density at radius 3 is 2.86 bits per heavy atom. The maximum Gasteiger partial charge on any atom is 0.313 e. The molecule has 0 aliphatic heterocycles. The maximum atomic E-state index is 14.0. The quantitative estimate of drug-likeness (QED) is 0.823. The highest BCUT2D eigenvalue weighted by Crippen LogP contribution is 2.31. The molecule has 0 aliphatic carbocycles. The van der Waals surface area contributed by atoms with Crippen LogP contribution in [-0.2, 0) is 11.3 Å². The fourth-order valence-electron chi connectivity index (χ4n) is 1.84. The van der Waals surface area contributed by atoms with E-state index in [1.165, 1.54) is 12.1 Å². The van der Waals surface area contributed by atoms with Crippen molar-refractivity contribution < 1.29 is 14.3 Å². The van der Waals surface area contributed by atoms with Crippen LogP contribution in [0.25, 0.3) is 11.4 Å². The molecule has 1 aromatic heterocycles. The molecule has 0 amide bonds. The smallest absolute Gasteiger partial charge is 0.313 e. The van der Waals surface area contributed by atoms with E-state index >= 15 is 0 Å². The number of thioether (sulfide) groups is 1. The van der Waals surface area contributed by atoms with Gasteiger partial charge in [-0.2, -0.15) is 0 Å². The number of rotatable bonds is 6. The molecule has 0 spiro atoms. The van der Waals surface area contributed by atoms with Crippen LogP contribution in [-0.4, -0.2) is 31.6 Å². The molecule has 1 aromatic carbocycles. The first-order valence-corrected chi connectivity index (χ1v) is 7.63. The van der Waals surface area contributed by atoms with Crippen LogP contribution in [0.2, 0.25) is 5.02 Å². The van der Waals surface area contributed by atoms with Gasteiger partial charge in [0.15, 0.2) is 11.0 Å². The van der Waals surface area contributed by atoms with Crippen molar-refractivity contribution in [3.05, 3.63) is 29.0 Å². The lowest BCUT2D eigenvalue weighted by molar-refractivity contribution is -0.133. The van der Waals surface area contributed by atoms with Crippen LogP contribution < -0.4 is 0 Å². The lowest BCUT2D eigenvalue weighted by atomic mass is 10.2. The number of nitrogens with zero attached hydrogens (tertiary/aromatic N) is 3. The van der Waals surface area contributed by atoms with Gasteiger partial charge in [-0.25, -0.2) is 4.39 Å². The minimum absolute atomic E-state index is 0.132. The zero-order valence-corrected chi connectivity index (χ0v) is 12.8. The van der Waals surface area contributed by atoms with E-state index in [1.54, 1.807) is 10.6 Å². The standard InChI is InChI=1S/C13H13ClFN3O2S/c1-2-6-18-12(11-8(14)4-3-5-9(11)15)16-17-13(18)21-7-10(19)20/h3-5H,2,6-7H2,1H3,(H,19,20). The first kappa shape index (κ1) is 15.8. The van der Waals surface area contributed by atoms with Crippen molar-refractivity contribution >= 4 is 29.3 Å². The van der Waals surface area contributed by atoms with Crippen molar-refractivity contribution in [3.8, 4) is 11.4 Å². The van der Waals surface area contributed by atoms with Gasteiger partial charge in [-0.15, -0.1) is 10.2 Å². The average molecular weight is 330 g/mol. The van der Waals surface area contributed by atoms with Crippen LogP contribution in [0, 0.1) is 5.82 Å². The predicted molar refractivity (Wildman–Crippen MR) is 79.1 cm³/mol. The molecule has 1 N–H and O–H groups in total. The van der Waals surface area contributed by atoms with Gasteiger partial charge in [0.1, 0.15) is 5.82 Å². The third kappa shape index (κ3) is 3.54. The summed E-state index contributed by atoms with van der Waals surface area (Å²) in [6, 6.07) is 4.40. The summed E-state index contributed by atoms with van der Waals surface area (Å²) in [4.78, 5) is 10.7. The van der Waals surface area contributed by atoms with E-state index in [4.69, 9.17) is 16.7 Å². The molecule has 2 aromatic rings. The summed E-state index contributed by atoms with van der Waals surface area (Å²) >= 11 is 7.10. The highest BCUT2D eigenvalue weighted by Gasteiger charge is 2.19. The van der Waals surface area contributed by atoms with Crippen LogP contribution in [0.5, 0.6) is 0 Å². The number of carboxylic acid groups (broad SMARTS) is 1. The van der Waals surface area contributed by atoms with Crippen LogP contribution in [0.1, 0.15) is 13.3 Å². The Balaban J connectivity index is 2.46. The first-order chi connectivity index (χ1) is 10.0. The van der Waals surface area contributed by atoms with Gasteiger partial charge in [0.2, 0.25) is 0 Å². The van der Waals surface area contributed by atoms with Crippen molar-refractivity contribution in [3.63, 3.8) is 0 Å². The SMILES string of the molecule is CCCn1c(SCC(=O)O)nnc1-c1c(F)cccc1Cl. The summed E-state index contributed by atoms with van der Waals surface area (Å²) in [6.45, 7) is 2.51. The fourth-order valence-corrected chi connectivity index (χ4v) is 2.78. The number of carbonyl (C=O) groups is 1. The molecule has 0 aliphatic rings. The number of aromatic nitrogens is 3. The summed E-state index contributed by atoms with van der Waals surface area (Å²) < 4.78 is 15.7. The lowest BCUT2D eigenvalue weighted by Crippen LogP contribution is -2.05. The van der Waals surface area contributed by atoms with Gasteiger partial charge in [-0.1, -0.05) is 36.4 Å². The minimum Gasteiger partial charge on any atom is -0.481 e. The van der Waals surface area contributed by atoms with E-state index in [1.807, 2.05) is 6.92 Å². The molecule has 8 heteroatoms. The van der Waals surface area contributed by atoms with Crippen molar-refractivity contribution in [2.24, 2.45) is 0 Å². The molecule has 112 valence electrons. The molecule has 5 nitrogen and oxygen atoms in total.